The van der Waals surface area contributed by atoms with E-state index in [-0.39, 0.29) is 0 Å². The van der Waals surface area contributed by atoms with E-state index in [9.17, 15) is 5.26 Å². The molecule has 0 bridgehead atoms. The van der Waals surface area contributed by atoms with Crippen LogP contribution in [0.15, 0.2) is 273 Å². The van der Waals surface area contributed by atoms with Gasteiger partial charge in [-0.05, 0) is 108 Å². The standard InChI is InChI=1S/C81H45N9/c1-83-50-40-43-74-62(46-50)59-28-10-19-37-71(59)89(74)80-76(85-64-30-12-3-21-52(64)53-22-4-13-31-65(53)85)79(88-70-36-18-9-27-58(70)61-45-49(48-82)39-42-73(61)88)77(86-66-32-14-5-23-54(66)55-24-6-15-33-67(55)86)81(78(80)87-68-34-16-7-25-56(68)57-26-8-17-35-69(57)87)90-72-38-20-11-29-60(72)63-47-51(84-2)41-44-75(63)90/h3-47H. The van der Waals surface area contributed by atoms with Gasteiger partial charge in [-0.2, -0.15) is 5.26 Å². The number of hydrogen-bond donors (Lipinski definition) is 0. The molecule has 0 aliphatic heterocycles. The molecule has 0 atom stereocenters. The third-order valence-corrected chi connectivity index (χ3v) is 18.8. The first-order chi connectivity index (χ1) is 44.6. The molecule has 0 fully saturated rings. The second-order valence-corrected chi connectivity index (χ2v) is 23.2. The van der Waals surface area contributed by atoms with Crippen LogP contribution < -0.4 is 0 Å². The van der Waals surface area contributed by atoms with E-state index in [2.05, 4.69) is 292 Å². The van der Waals surface area contributed by atoms with Gasteiger partial charge in [-0.25, -0.2) is 9.69 Å². The molecule has 0 unspecified atom stereocenters. The molecular weight excluding hydrogens is 1100 g/mol. The third-order valence-electron chi connectivity index (χ3n) is 18.8. The van der Waals surface area contributed by atoms with Crippen molar-refractivity contribution in [3.63, 3.8) is 0 Å². The van der Waals surface area contributed by atoms with Gasteiger partial charge in [0.05, 0.1) is 125 Å². The Balaban J connectivity index is 1.25. The van der Waals surface area contributed by atoms with Crippen LogP contribution in [0.2, 0.25) is 0 Å². The van der Waals surface area contributed by atoms with Crippen LogP contribution in [-0.4, -0.2) is 27.4 Å². The van der Waals surface area contributed by atoms with Gasteiger partial charge in [0.15, 0.2) is 11.4 Å². The summed E-state index contributed by atoms with van der Waals surface area (Å²) < 4.78 is 15.1. The first kappa shape index (κ1) is 49.4. The Labute approximate surface area is 513 Å². The summed E-state index contributed by atoms with van der Waals surface area (Å²) in [6.07, 6.45) is 0. The second kappa shape index (κ2) is 18.6. The van der Waals surface area contributed by atoms with Crippen molar-refractivity contribution in [2.75, 3.05) is 0 Å². The van der Waals surface area contributed by atoms with Crippen molar-refractivity contribution in [2.24, 2.45) is 0 Å². The number of rotatable bonds is 6. The molecule has 9 heteroatoms. The van der Waals surface area contributed by atoms with E-state index >= 15 is 0 Å². The zero-order chi connectivity index (χ0) is 59.5. The highest BCUT2D eigenvalue weighted by molar-refractivity contribution is 6.20. The first-order valence-corrected chi connectivity index (χ1v) is 30.1. The Hall–Kier alpha value is -12.9. The molecule has 0 aliphatic rings. The van der Waals surface area contributed by atoms with Crippen LogP contribution in [0.1, 0.15) is 5.56 Å². The quantitative estimate of drug-likeness (QED) is 0.153. The SMILES string of the molecule is [C-]#[N+]c1ccc2c(c1)c1ccccc1n2-c1c(-n2c3ccccc3c3ccccc32)c(-n2c3ccccc3c3cc(C#N)ccc32)c(-n2c3ccccc3c3ccccc32)c(-n2c3ccccc3c3cc([N+]#[C-])ccc32)c1-n1c2ccccc2c2ccccc21. The average molecular weight is 1140 g/mol. The lowest BCUT2D eigenvalue weighted by Gasteiger charge is -2.32. The van der Waals surface area contributed by atoms with Gasteiger partial charge in [-0.3, -0.25) is 0 Å². The summed E-state index contributed by atoms with van der Waals surface area (Å²) in [5.41, 5.74) is 18.5. The van der Waals surface area contributed by atoms with Gasteiger partial charge in [0.25, 0.3) is 0 Å². The van der Waals surface area contributed by atoms with Crippen molar-refractivity contribution in [2.45, 2.75) is 0 Å². The highest BCUT2D eigenvalue weighted by Gasteiger charge is 2.38. The Morgan fingerprint density at radius 3 is 0.633 bits per heavy atom. The molecule has 414 valence electrons. The Bertz CT molecular complexity index is 5720. The van der Waals surface area contributed by atoms with E-state index in [1.165, 1.54) is 0 Å². The molecule has 6 heterocycles. The maximum absolute atomic E-state index is 10.8. The Morgan fingerprint density at radius 1 is 0.222 bits per heavy atom. The van der Waals surface area contributed by atoms with E-state index in [4.69, 9.17) is 13.1 Å². The summed E-state index contributed by atoms with van der Waals surface area (Å²) in [6, 6.07) is 99.7. The molecule has 0 N–H and O–H groups in total. The molecule has 0 saturated carbocycles. The number of para-hydroxylation sites is 9. The number of fused-ring (bicyclic) bond motifs is 18. The highest BCUT2D eigenvalue weighted by atomic mass is 15.2. The summed E-state index contributed by atoms with van der Waals surface area (Å²) in [5.74, 6) is 0. The maximum Gasteiger partial charge on any atom is 0.188 e. The molecule has 0 aliphatic carbocycles. The van der Waals surface area contributed by atoms with Crippen LogP contribution in [0.3, 0.4) is 0 Å². The topological polar surface area (TPSA) is 62.1 Å². The fourth-order valence-corrected chi connectivity index (χ4v) is 15.3. The number of nitriles is 1. The zero-order valence-electron chi connectivity index (χ0n) is 48.0. The first-order valence-electron chi connectivity index (χ1n) is 30.1. The summed E-state index contributed by atoms with van der Waals surface area (Å²) in [5, 5.41) is 23.2. The van der Waals surface area contributed by atoms with Crippen LogP contribution in [0, 0.1) is 24.5 Å². The zero-order valence-corrected chi connectivity index (χ0v) is 48.0. The summed E-state index contributed by atoms with van der Waals surface area (Å²) in [6.45, 7) is 16.9. The Morgan fingerprint density at radius 2 is 0.411 bits per heavy atom. The lowest BCUT2D eigenvalue weighted by molar-refractivity contribution is 0.971. The average Bonchev–Trinajstić information content (AvgIpc) is 1.46. The minimum atomic E-state index is 0.546. The van der Waals surface area contributed by atoms with Crippen molar-refractivity contribution in [1.29, 1.82) is 5.26 Å². The fourth-order valence-electron chi connectivity index (χ4n) is 15.3. The van der Waals surface area contributed by atoms with Gasteiger partial charge in [-0.1, -0.05) is 176 Å². The van der Waals surface area contributed by atoms with Crippen LogP contribution in [0.25, 0.3) is 175 Å². The van der Waals surface area contributed by atoms with E-state index < -0.39 is 0 Å². The lowest BCUT2D eigenvalue weighted by atomic mass is 10.0. The van der Waals surface area contributed by atoms with Gasteiger partial charge >= 0.3 is 0 Å². The number of hydrogen-bond acceptors (Lipinski definition) is 1. The largest absolute Gasteiger partial charge is 0.305 e. The molecule has 13 aromatic carbocycles. The monoisotopic (exact) mass is 1140 g/mol. The van der Waals surface area contributed by atoms with Crippen molar-refractivity contribution >= 4 is 142 Å². The summed E-state index contributed by atoms with van der Waals surface area (Å²) >= 11 is 0. The lowest BCUT2D eigenvalue weighted by Crippen LogP contribution is -2.20. The van der Waals surface area contributed by atoms with E-state index in [1.807, 2.05) is 24.3 Å². The van der Waals surface area contributed by atoms with Crippen LogP contribution >= 0.6 is 0 Å². The molecule has 0 saturated heterocycles. The molecule has 0 amide bonds. The van der Waals surface area contributed by atoms with Gasteiger partial charge in [0.1, 0.15) is 0 Å². The molecule has 6 aromatic heterocycles. The van der Waals surface area contributed by atoms with Crippen LogP contribution in [-0.2, 0) is 0 Å². The normalized spacial score (nSPS) is 12.0. The van der Waals surface area contributed by atoms with Crippen molar-refractivity contribution in [1.82, 2.24) is 27.4 Å². The van der Waals surface area contributed by atoms with Gasteiger partial charge in [0, 0.05) is 53.9 Å². The second-order valence-electron chi connectivity index (χ2n) is 23.2. The number of nitrogens with zero attached hydrogens (tertiary/aromatic N) is 9. The maximum atomic E-state index is 10.8. The number of benzene rings is 13. The third kappa shape index (κ3) is 6.55. The minimum absolute atomic E-state index is 0.546. The van der Waals surface area contributed by atoms with Crippen LogP contribution in [0.4, 0.5) is 11.4 Å². The van der Waals surface area contributed by atoms with Gasteiger partial charge < -0.3 is 27.4 Å². The van der Waals surface area contributed by atoms with Crippen molar-refractivity contribution in [3.8, 4) is 40.2 Å². The smallest absolute Gasteiger partial charge is 0.188 e. The van der Waals surface area contributed by atoms with E-state index in [1.54, 1.807) is 0 Å². The van der Waals surface area contributed by atoms with Gasteiger partial charge in [0.2, 0.25) is 0 Å². The van der Waals surface area contributed by atoms with Crippen molar-refractivity contribution < 1.29 is 0 Å². The summed E-state index contributed by atoms with van der Waals surface area (Å²) in [7, 11) is 0. The predicted octanol–water partition coefficient (Wildman–Crippen LogP) is 21.2. The molecule has 90 heavy (non-hydrogen) atoms. The van der Waals surface area contributed by atoms with E-state index in [0.717, 1.165) is 165 Å². The number of aromatic nitrogens is 6. The molecular formula is C81H45N9. The molecule has 19 aromatic rings. The highest BCUT2D eigenvalue weighted by Crippen LogP contribution is 2.54. The molecule has 19 rings (SSSR count). The summed E-state index contributed by atoms with van der Waals surface area (Å²) in [4.78, 5) is 8.15. The van der Waals surface area contributed by atoms with Gasteiger partial charge in [-0.15, -0.1) is 0 Å². The fraction of sp³-hybridized carbons (Fsp3) is 0. The molecule has 0 spiro atoms. The molecule has 0 radical (unpaired) electrons. The van der Waals surface area contributed by atoms with Crippen molar-refractivity contribution in [3.05, 3.63) is 301 Å². The molecule has 9 nitrogen and oxygen atoms in total. The Kier molecular flexibility index (Phi) is 10.2. The predicted molar refractivity (Wildman–Crippen MR) is 370 cm³/mol. The minimum Gasteiger partial charge on any atom is -0.305 e. The van der Waals surface area contributed by atoms with E-state index in [0.29, 0.717) is 16.9 Å². The van der Waals surface area contributed by atoms with Crippen LogP contribution in [0.5, 0.6) is 0 Å².